The Hall–Kier alpha value is -4.33. The number of aryl methyl sites for hydroxylation is 2. The van der Waals surface area contributed by atoms with Crippen molar-refractivity contribution in [3.05, 3.63) is 107 Å². The molecule has 6 nitrogen and oxygen atoms in total. The molecular weight excluding hydrogens is 452 g/mol. The van der Waals surface area contributed by atoms with Gasteiger partial charge in [0.15, 0.2) is 11.7 Å². The van der Waals surface area contributed by atoms with Crippen LogP contribution in [0.2, 0.25) is 0 Å². The third-order valence-corrected chi connectivity index (χ3v) is 5.34. The molecule has 0 spiro atoms. The quantitative estimate of drug-likeness (QED) is 0.356. The van der Waals surface area contributed by atoms with Gasteiger partial charge in [-0.25, -0.2) is 13.8 Å². The Morgan fingerprint density at radius 3 is 2.54 bits per heavy atom. The van der Waals surface area contributed by atoms with E-state index in [1.807, 2.05) is 31.2 Å². The van der Waals surface area contributed by atoms with E-state index in [9.17, 15) is 18.4 Å². The number of nitrogens with zero attached hydrogens (tertiary/aromatic N) is 1. The predicted octanol–water partition coefficient (Wildman–Crippen LogP) is 5.43. The number of amides is 2. The molecule has 1 aromatic heterocycles. The van der Waals surface area contributed by atoms with Crippen LogP contribution in [0, 0.1) is 18.6 Å². The summed E-state index contributed by atoms with van der Waals surface area (Å²) in [6, 6.07) is 17.7. The van der Waals surface area contributed by atoms with Crippen LogP contribution in [0.4, 0.5) is 14.5 Å². The minimum absolute atomic E-state index is 0.0329. The monoisotopic (exact) mass is 475 g/mol. The zero-order valence-electron chi connectivity index (χ0n) is 19.0. The van der Waals surface area contributed by atoms with Gasteiger partial charge in [-0.1, -0.05) is 42.0 Å². The van der Waals surface area contributed by atoms with Crippen molar-refractivity contribution in [1.29, 1.82) is 0 Å². The molecule has 0 fully saturated rings. The van der Waals surface area contributed by atoms with Crippen molar-refractivity contribution < 1.29 is 22.8 Å². The number of hydrogen-bond donors (Lipinski definition) is 2. The summed E-state index contributed by atoms with van der Waals surface area (Å²) in [5, 5.41) is 5.61. The highest BCUT2D eigenvalue weighted by atomic mass is 19.1. The van der Waals surface area contributed by atoms with Gasteiger partial charge in [0.25, 0.3) is 5.91 Å². The fourth-order valence-corrected chi connectivity index (χ4v) is 3.45. The Balaban J connectivity index is 1.34. The number of anilines is 1. The molecule has 3 aromatic carbocycles. The van der Waals surface area contributed by atoms with Crippen LogP contribution < -0.4 is 10.6 Å². The molecule has 0 saturated carbocycles. The highest BCUT2D eigenvalue weighted by Crippen LogP contribution is 2.24. The van der Waals surface area contributed by atoms with Gasteiger partial charge >= 0.3 is 0 Å². The van der Waals surface area contributed by atoms with E-state index in [1.165, 1.54) is 12.3 Å². The summed E-state index contributed by atoms with van der Waals surface area (Å²) in [5.74, 6) is -1.71. The number of carbonyl (C=O) groups is 2. The van der Waals surface area contributed by atoms with Crippen LogP contribution in [-0.4, -0.2) is 16.8 Å². The van der Waals surface area contributed by atoms with Crippen LogP contribution in [0.15, 0.2) is 77.3 Å². The summed E-state index contributed by atoms with van der Waals surface area (Å²) in [6.07, 6.45) is 1.53. The maximum Gasteiger partial charge on any atom is 0.253 e. The molecule has 4 rings (SSSR count). The number of aromatic nitrogens is 1. The lowest BCUT2D eigenvalue weighted by atomic mass is 10.1. The molecule has 4 aromatic rings. The lowest BCUT2D eigenvalue weighted by Gasteiger charge is -2.11. The number of para-hydroxylation sites is 1. The number of oxazole rings is 1. The number of nitrogens with one attached hydrogen (secondary N) is 2. The van der Waals surface area contributed by atoms with Crippen LogP contribution in [0.1, 0.15) is 33.8 Å². The van der Waals surface area contributed by atoms with Crippen LogP contribution in [-0.2, 0) is 17.8 Å². The lowest BCUT2D eigenvalue weighted by Crippen LogP contribution is -2.25. The van der Waals surface area contributed by atoms with Crippen LogP contribution in [0.3, 0.4) is 0 Å². The third kappa shape index (κ3) is 6.17. The smallest absolute Gasteiger partial charge is 0.253 e. The largest absolute Gasteiger partial charge is 0.441 e. The molecule has 8 heteroatoms. The Morgan fingerprint density at radius 1 is 1.00 bits per heavy atom. The van der Waals surface area contributed by atoms with Gasteiger partial charge in [0.05, 0.1) is 23.0 Å². The SMILES string of the molecule is Cc1ccc(CNC(=O)c2ccccc2NC(=O)CCc2ncc(-c3ccc(F)cc3F)o2)cc1. The second kappa shape index (κ2) is 10.7. The van der Waals surface area contributed by atoms with Gasteiger partial charge in [-0.05, 0) is 36.8 Å². The summed E-state index contributed by atoms with van der Waals surface area (Å²) >= 11 is 0. The third-order valence-electron chi connectivity index (χ3n) is 5.34. The molecule has 35 heavy (non-hydrogen) atoms. The van der Waals surface area contributed by atoms with Crippen molar-refractivity contribution in [3.8, 4) is 11.3 Å². The Bertz CT molecular complexity index is 1350. The van der Waals surface area contributed by atoms with Crippen molar-refractivity contribution in [3.63, 3.8) is 0 Å². The fraction of sp³-hybridized carbons (Fsp3) is 0.148. The Morgan fingerprint density at radius 2 is 1.77 bits per heavy atom. The molecule has 2 N–H and O–H groups in total. The van der Waals surface area contributed by atoms with Crippen molar-refractivity contribution in [2.45, 2.75) is 26.3 Å². The number of halogens is 2. The second-order valence-corrected chi connectivity index (χ2v) is 8.00. The van der Waals surface area contributed by atoms with E-state index >= 15 is 0 Å². The fourth-order valence-electron chi connectivity index (χ4n) is 3.45. The summed E-state index contributed by atoms with van der Waals surface area (Å²) in [5.41, 5.74) is 2.92. The summed E-state index contributed by atoms with van der Waals surface area (Å²) in [7, 11) is 0. The number of benzene rings is 3. The van der Waals surface area contributed by atoms with E-state index in [0.717, 1.165) is 23.3 Å². The highest BCUT2D eigenvalue weighted by Gasteiger charge is 2.15. The number of rotatable bonds is 8. The van der Waals surface area contributed by atoms with Gasteiger partial charge in [0.1, 0.15) is 11.6 Å². The first-order valence-electron chi connectivity index (χ1n) is 11.0. The predicted molar refractivity (Wildman–Crippen MR) is 128 cm³/mol. The molecule has 178 valence electrons. The maximum absolute atomic E-state index is 13.9. The molecule has 2 amide bonds. The van der Waals surface area contributed by atoms with E-state index in [1.54, 1.807) is 24.3 Å². The molecule has 0 bridgehead atoms. The molecule has 0 aliphatic carbocycles. The minimum atomic E-state index is -0.761. The molecule has 0 atom stereocenters. The average molecular weight is 475 g/mol. The van der Waals surface area contributed by atoms with E-state index < -0.39 is 11.6 Å². The first kappa shape index (κ1) is 23.8. The minimum Gasteiger partial charge on any atom is -0.441 e. The van der Waals surface area contributed by atoms with Gasteiger partial charge < -0.3 is 15.1 Å². The molecule has 0 aliphatic rings. The number of hydrogen-bond acceptors (Lipinski definition) is 4. The van der Waals surface area contributed by atoms with Crippen molar-refractivity contribution in [2.24, 2.45) is 0 Å². The average Bonchev–Trinajstić information content (AvgIpc) is 3.31. The van der Waals surface area contributed by atoms with Gasteiger partial charge in [-0.2, -0.15) is 0 Å². The first-order valence-corrected chi connectivity index (χ1v) is 11.0. The van der Waals surface area contributed by atoms with E-state index in [2.05, 4.69) is 15.6 Å². The van der Waals surface area contributed by atoms with Crippen LogP contribution >= 0.6 is 0 Å². The van der Waals surface area contributed by atoms with Gasteiger partial charge in [0.2, 0.25) is 5.91 Å². The molecule has 0 unspecified atom stereocenters. The maximum atomic E-state index is 13.9. The zero-order chi connectivity index (χ0) is 24.8. The molecule has 1 heterocycles. The Kier molecular flexibility index (Phi) is 7.30. The lowest BCUT2D eigenvalue weighted by molar-refractivity contribution is -0.116. The van der Waals surface area contributed by atoms with Gasteiger partial charge in [-0.15, -0.1) is 0 Å². The first-order chi connectivity index (χ1) is 16.9. The van der Waals surface area contributed by atoms with Crippen LogP contribution in [0.25, 0.3) is 11.3 Å². The standard InChI is InChI=1S/C27H23F2N3O3/c1-17-6-8-18(9-7-17)15-31-27(34)21-4-2-3-5-23(21)32-25(33)12-13-26-30-16-24(35-26)20-11-10-19(28)14-22(20)29/h2-11,14,16H,12-13,15H2,1H3,(H,31,34)(H,32,33). The number of carbonyl (C=O) groups excluding carboxylic acids is 2. The van der Waals surface area contributed by atoms with Crippen molar-refractivity contribution >= 4 is 17.5 Å². The van der Waals surface area contributed by atoms with Crippen molar-refractivity contribution in [1.82, 2.24) is 10.3 Å². The van der Waals surface area contributed by atoms with Crippen LogP contribution in [0.5, 0.6) is 0 Å². The zero-order valence-corrected chi connectivity index (χ0v) is 19.0. The Labute approximate surface area is 201 Å². The van der Waals surface area contributed by atoms with E-state index in [-0.39, 0.29) is 41.9 Å². The van der Waals surface area contributed by atoms with Gasteiger partial charge in [-0.3, -0.25) is 9.59 Å². The summed E-state index contributed by atoms with van der Waals surface area (Å²) in [4.78, 5) is 29.3. The second-order valence-electron chi connectivity index (χ2n) is 8.00. The normalized spacial score (nSPS) is 10.7. The molecule has 0 radical (unpaired) electrons. The summed E-state index contributed by atoms with van der Waals surface area (Å²) in [6.45, 7) is 2.36. The molecule has 0 saturated heterocycles. The van der Waals surface area contributed by atoms with E-state index in [0.29, 0.717) is 17.8 Å². The molecule has 0 aliphatic heterocycles. The summed E-state index contributed by atoms with van der Waals surface area (Å²) < 4.78 is 32.6. The van der Waals surface area contributed by atoms with Crippen molar-refractivity contribution in [2.75, 3.05) is 5.32 Å². The van der Waals surface area contributed by atoms with E-state index in [4.69, 9.17) is 4.42 Å². The topological polar surface area (TPSA) is 84.2 Å². The van der Waals surface area contributed by atoms with Gasteiger partial charge in [0, 0.05) is 25.5 Å². The highest BCUT2D eigenvalue weighted by molar-refractivity contribution is 6.03. The molecular formula is C27H23F2N3O3.